The fourth-order valence-corrected chi connectivity index (χ4v) is 5.66. The van der Waals surface area contributed by atoms with Gasteiger partial charge in [0.1, 0.15) is 0 Å². The molecule has 0 N–H and O–H groups in total. The first-order valence-corrected chi connectivity index (χ1v) is 12.1. The molecule has 0 aromatic heterocycles. The minimum Gasteiger partial charge on any atom is -0.369 e. The van der Waals surface area contributed by atoms with Crippen LogP contribution in [0.3, 0.4) is 0 Å². The van der Waals surface area contributed by atoms with E-state index in [2.05, 4.69) is 26.5 Å². The summed E-state index contributed by atoms with van der Waals surface area (Å²) in [5.74, 6) is 0. The smallest absolute Gasteiger partial charge is 0.369 e. The van der Waals surface area contributed by atoms with Crippen LogP contribution in [0.25, 0.3) is 0 Å². The summed E-state index contributed by atoms with van der Waals surface area (Å²) in [5.41, 5.74) is 0.138. The lowest BCUT2D eigenvalue weighted by molar-refractivity contribution is -0.137. The Balaban J connectivity index is 1.28. The first-order chi connectivity index (χ1) is 14.9. The van der Waals surface area contributed by atoms with E-state index in [1.807, 2.05) is 0 Å². The number of anilines is 1. The standard InChI is InChI=1S/C24H37F3N4/c1-2-10-28-12-8-21(9-13-28)31-11-4-7-23(19-31)30-16-14-29(15-17-30)22-6-3-5-20(18-22)24(25,26)27/h3,5-6,18,21,23H,2,4,7-17,19H2,1H3/t23-/m0/s1. The van der Waals surface area contributed by atoms with Crippen molar-refractivity contribution in [1.82, 2.24) is 14.7 Å². The van der Waals surface area contributed by atoms with E-state index in [1.54, 1.807) is 6.07 Å². The van der Waals surface area contributed by atoms with Gasteiger partial charge in [0, 0.05) is 50.5 Å². The van der Waals surface area contributed by atoms with Gasteiger partial charge in [0.15, 0.2) is 0 Å². The third-order valence-corrected chi connectivity index (χ3v) is 7.41. The summed E-state index contributed by atoms with van der Waals surface area (Å²) >= 11 is 0. The Labute approximate surface area is 185 Å². The molecule has 3 saturated heterocycles. The predicted molar refractivity (Wildman–Crippen MR) is 120 cm³/mol. The lowest BCUT2D eigenvalue weighted by Gasteiger charge is -2.47. The lowest BCUT2D eigenvalue weighted by atomic mass is 9.96. The first kappa shape index (κ1) is 22.9. The maximum absolute atomic E-state index is 13.1. The summed E-state index contributed by atoms with van der Waals surface area (Å²) in [7, 11) is 0. The molecule has 0 aliphatic carbocycles. The Kier molecular flexibility index (Phi) is 7.44. The number of alkyl halides is 3. The second-order valence-corrected chi connectivity index (χ2v) is 9.43. The fraction of sp³-hybridized carbons (Fsp3) is 0.750. The van der Waals surface area contributed by atoms with Crippen LogP contribution in [0.5, 0.6) is 0 Å². The third-order valence-electron chi connectivity index (χ3n) is 7.41. The van der Waals surface area contributed by atoms with Gasteiger partial charge in [-0.15, -0.1) is 0 Å². The molecule has 1 atom stereocenters. The minimum atomic E-state index is -4.28. The normalized spacial score (nSPS) is 25.8. The van der Waals surface area contributed by atoms with Gasteiger partial charge >= 0.3 is 6.18 Å². The van der Waals surface area contributed by atoms with Gasteiger partial charge in [-0.2, -0.15) is 13.2 Å². The maximum atomic E-state index is 13.1. The van der Waals surface area contributed by atoms with Gasteiger partial charge in [-0.05, 0) is 76.5 Å². The molecule has 4 rings (SSSR count). The average molecular weight is 439 g/mol. The van der Waals surface area contributed by atoms with E-state index in [0.717, 1.165) is 44.8 Å². The zero-order chi connectivity index (χ0) is 21.8. The minimum absolute atomic E-state index is 0.555. The summed E-state index contributed by atoms with van der Waals surface area (Å²) in [6.07, 6.45) is 2.04. The summed E-state index contributed by atoms with van der Waals surface area (Å²) in [5, 5.41) is 0. The molecule has 0 bridgehead atoms. The van der Waals surface area contributed by atoms with Crippen LogP contribution in [0.1, 0.15) is 44.6 Å². The van der Waals surface area contributed by atoms with Crippen LogP contribution in [0, 0.1) is 0 Å². The summed E-state index contributed by atoms with van der Waals surface area (Å²) < 4.78 is 39.2. The van der Waals surface area contributed by atoms with Gasteiger partial charge < -0.3 is 9.80 Å². The second kappa shape index (κ2) is 10.1. The van der Waals surface area contributed by atoms with Crippen LogP contribution < -0.4 is 4.90 Å². The number of nitrogens with zero attached hydrogens (tertiary/aromatic N) is 4. The van der Waals surface area contributed by atoms with Gasteiger partial charge in [0.2, 0.25) is 0 Å². The Hall–Kier alpha value is -1.31. The van der Waals surface area contributed by atoms with E-state index in [4.69, 9.17) is 0 Å². The number of likely N-dealkylation sites (tertiary alicyclic amines) is 2. The molecular formula is C24H37F3N4. The average Bonchev–Trinajstić information content (AvgIpc) is 2.80. The van der Waals surface area contributed by atoms with E-state index >= 15 is 0 Å². The van der Waals surface area contributed by atoms with Crippen molar-refractivity contribution in [2.45, 2.75) is 57.3 Å². The molecule has 1 aromatic rings. The predicted octanol–water partition coefficient (Wildman–Crippen LogP) is 4.17. The van der Waals surface area contributed by atoms with E-state index in [9.17, 15) is 13.2 Å². The monoisotopic (exact) mass is 438 g/mol. The number of halogens is 3. The Morgan fingerprint density at radius 2 is 1.61 bits per heavy atom. The number of piperazine rings is 1. The molecule has 174 valence electrons. The molecular weight excluding hydrogens is 401 g/mol. The van der Waals surface area contributed by atoms with Crippen LogP contribution in [-0.2, 0) is 6.18 Å². The third kappa shape index (κ3) is 5.74. The van der Waals surface area contributed by atoms with Gasteiger partial charge in [-0.3, -0.25) is 9.80 Å². The summed E-state index contributed by atoms with van der Waals surface area (Å²) in [6, 6.07) is 7.09. The van der Waals surface area contributed by atoms with E-state index in [0.29, 0.717) is 11.7 Å². The van der Waals surface area contributed by atoms with Gasteiger partial charge in [0.05, 0.1) is 5.56 Å². The highest BCUT2D eigenvalue weighted by molar-refractivity contribution is 5.49. The van der Waals surface area contributed by atoms with Crippen molar-refractivity contribution in [2.24, 2.45) is 0 Å². The molecule has 0 radical (unpaired) electrons. The van der Waals surface area contributed by atoms with Gasteiger partial charge in [-0.25, -0.2) is 0 Å². The summed E-state index contributed by atoms with van der Waals surface area (Å²) in [4.78, 5) is 10.0. The van der Waals surface area contributed by atoms with Crippen LogP contribution in [0.4, 0.5) is 18.9 Å². The molecule has 0 amide bonds. The molecule has 31 heavy (non-hydrogen) atoms. The first-order valence-electron chi connectivity index (χ1n) is 12.1. The van der Waals surface area contributed by atoms with Crippen LogP contribution in [-0.4, -0.2) is 85.7 Å². The Morgan fingerprint density at radius 1 is 0.871 bits per heavy atom. The highest BCUT2D eigenvalue weighted by atomic mass is 19.4. The number of rotatable bonds is 5. The van der Waals surface area contributed by atoms with Crippen molar-refractivity contribution in [3.05, 3.63) is 29.8 Å². The molecule has 4 nitrogen and oxygen atoms in total. The largest absolute Gasteiger partial charge is 0.416 e. The summed E-state index contributed by atoms with van der Waals surface area (Å²) in [6.45, 7) is 11.8. The molecule has 0 spiro atoms. The van der Waals surface area contributed by atoms with Gasteiger partial charge in [-0.1, -0.05) is 13.0 Å². The topological polar surface area (TPSA) is 13.0 Å². The Morgan fingerprint density at radius 3 is 2.29 bits per heavy atom. The van der Waals surface area contributed by atoms with Crippen LogP contribution in [0.2, 0.25) is 0 Å². The quantitative estimate of drug-likeness (QED) is 0.684. The van der Waals surface area contributed by atoms with Crippen molar-refractivity contribution < 1.29 is 13.2 Å². The molecule has 3 heterocycles. The SMILES string of the molecule is CCCN1CCC(N2CCC[C@H](N3CCN(c4cccc(C(F)(F)F)c4)CC3)C2)CC1. The van der Waals surface area contributed by atoms with E-state index in [1.165, 1.54) is 70.4 Å². The van der Waals surface area contributed by atoms with Gasteiger partial charge in [0.25, 0.3) is 0 Å². The maximum Gasteiger partial charge on any atom is 0.416 e. The van der Waals surface area contributed by atoms with Crippen molar-refractivity contribution in [1.29, 1.82) is 0 Å². The zero-order valence-corrected chi connectivity index (χ0v) is 18.8. The highest BCUT2D eigenvalue weighted by Gasteiger charge is 2.33. The van der Waals surface area contributed by atoms with Crippen LogP contribution >= 0.6 is 0 Å². The van der Waals surface area contributed by atoms with Crippen molar-refractivity contribution in [3.63, 3.8) is 0 Å². The van der Waals surface area contributed by atoms with Crippen LogP contribution in [0.15, 0.2) is 24.3 Å². The lowest BCUT2D eigenvalue weighted by Crippen LogP contribution is -2.57. The molecule has 0 saturated carbocycles. The number of hydrogen-bond acceptors (Lipinski definition) is 4. The van der Waals surface area contributed by atoms with Crippen molar-refractivity contribution >= 4 is 5.69 Å². The van der Waals surface area contributed by atoms with Crippen molar-refractivity contribution in [3.8, 4) is 0 Å². The number of hydrogen-bond donors (Lipinski definition) is 0. The molecule has 3 aliphatic heterocycles. The Bertz CT molecular complexity index is 694. The van der Waals surface area contributed by atoms with Crippen molar-refractivity contribution in [2.75, 3.05) is 63.8 Å². The van der Waals surface area contributed by atoms with E-state index < -0.39 is 11.7 Å². The molecule has 1 aromatic carbocycles. The van der Waals surface area contributed by atoms with E-state index in [-0.39, 0.29) is 0 Å². The molecule has 3 fully saturated rings. The molecule has 0 unspecified atom stereocenters. The molecule has 3 aliphatic rings. The highest BCUT2D eigenvalue weighted by Crippen LogP contribution is 2.32. The fourth-order valence-electron chi connectivity index (χ4n) is 5.66. The number of piperidine rings is 2. The zero-order valence-electron chi connectivity index (χ0n) is 18.8. The second-order valence-electron chi connectivity index (χ2n) is 9.43. The number of benzene rings is 1. The molecule has 7 heteroatoms.